The SMILES string of the molecule is O=C(O)CCN1C(=O)c2ccccc2C1O. The van der Waals surface area contributed by atoms with Gasteiger partial charge in [-0.3, -0.25) is 9.59 Å². The Balaban J connectivity index is 2.21. The zero-order chi connectivity index (χ0) is 11.7. The fourth-order valence-corrected chi connectivity index (χ4v) is 1.79. The summed E-state index contributed by atoms with van der Waals surface area (Å²) in [6.45, 7) is 0.0179. The van der Waals surface area contributed by atoms with Crippen molar-refractivity contribution in [1.29, 1.82) is 0 Å². The zero-order valence-electron chi connectivity index (χ0n) is 8.46. The van der Waals surface area contributed by atoms with Gasteiger partial charge in [-0.1, -0.05) is 18.2 Å². The number of rotatable bonds is 3. The highest BCUT2D eigenvalue weighted by molar-refractivity contribution is 5.99. The summed E-state index contributed by atoms with van der Waals surface area (Å²) in [7, 11) is 0. The predicted octanol–water partition coefficient (Wildman–Crippen LogP) is 0.608. The molecule has 0 saturated carbocycles. The van der Waals surface area contributed by atoms with Gasteiger partial charge >= 0.3 is 5.97 Å². The second kappa shape index (κ2) is 3.94. The molecular weight excluding hydrogens is 210 g/mol. The maximum Gasteiger partial charge on any atom is 0.305 e. The van der Waals surface area contributed by atoms with E-state index >= 15 is 0 Å². The van der Waals surface area contributed by atoms with E-state index in [-0.39, 0.29) is 18.9 Å². The maximum absolute atomic E-state index is 11.8. The fourth-order valence-electron chi connectivity index (χ4n) is 1.79. The number of aliphatic carboxylic acids is 1. The van der Waals surface area contributed by atoms with Gasteiger partial charge in [0.05, 0.1) is 6.42 Å². The van der Waals surface area contributed by atoms with E-state index in [1.54, 1.807) is 24.3 Å². The van der Waals surface area contributed by atoms with E-state index in [1.807, 2.05) is 0 Å². The lowest BCUT2D eigenvalue weighted by atomic mass is 10.1. The Hall–Kier alpha value is -1.88. The minimum absolute atomic E-state index is 0.0179. The molecule has 1 atom stereocenters. The van der Waals surface area contributed by atoms with E-state index in [1.165, 1.54) is 4.90 Å². The lowest BCUT2D eigenvalue weighted by molar-refractivity contribution is -0.137. The maximum atomic E-state index is 11.8. The van der Waals surface area contributed by atoms with E-state index in [2.05, 4.69) is 0 Å². The number of benzene rings is 1. The first-order valence-electron chi connectivity index (χ1n) is 4.91. The van der Waals surface area contributed by atoms with E-state index < -0.39 is 12.2 Å². The quantitative estimate of drug-likeness (QED) is 0.783. The molecule has 1 heterocycles. The lowest BCUT2D eigenvalue weighted by Crippen LogP contribution is -2.30. The van der Waals surface area contributed by atoms with Gasteiger partial charge in [0, 0.05) is 17.7 Å². The lowest BCUT2D eigenvalue weighted by Gasteiger charge is -2.19. The minimum Gasteiger partial charge on any atom is -0.481 e. The van der Waals surface area contributed by atoms with Crippen LogP contribution in [0.5, 0.6) is 0 Å². The smallest absolute Gasteiger partial charge is 0.305 e. The van der Waals surface area contributed by atoms with Crippen LogP contribution in [-0.4, -0.2) is 33.5 Å². The third-order valence-corrected chi connectivity index (χ3v) is 2.59. The second-order valence-electron chi connectivity index (χ2n) is 3.60. The van der Waals surface area contributed by atoms with Gasteiger partial charge in [-0.2, -0.15) is 0 Å². The molecule has 5 heteroatoms. The Bertz CT molecular complexity index is 443. The van der Waals surface area contributed by atoms with Crippen molar-refractivity contribution < 1.29 is 19.8 Å². The van der Waals surface area contributed by atoms with Crippen LogP contribution in [0.3, 0.4) is 0 Å². The number of carbonyl (C=O) groups excluding carboxylic acids is 1. The summed E-state index contributed by atoms with van der Waals surface area (Å²) in [5, 5.41) is 18.4. The summed E-state index contributed by atoms with van der Waals surface area (Å²) in [5.74, 6) is -1.31. The first-order valence-corrected chi connectivity index (χ1v) is 4.91. The first kappa shape index (κ1) is 10.6. The molecule has 1 aliphatic rings. The minimum atomic E-state index is -1.02. The molecule has 0 aliphatic carbocycles. The van der Waals surface area contributed by atoms with Crippen LogP contribution in [0.15, 0.2) is 24.3 Å². The van der Waals surface area contributed by atoms with Crippen LogP contribution in [-0.2, 0) is 4.79 Å². The van der Waals surface area contributed by atoms with Gasteiger partial charge in [0.15, 0.2) is 6.23 Å². The number of amides is 1. The van der Waals surface area contributed by atoms with Crippen LogP contribution >= 0.6 is 0 Å². The Morgan fingerprint density at radius 2 is 2.06 bits per heavy atom. The predicted molar refractivity (Wildman–Crippen MR) is 54.7 cm³/mol. The molecular formula is C11H11NO4. The normalized spacial score (nSPS) is 18.7. The first-order chi connectivity index (χ1) is 7.61. The van der Waals surface area contributed by atoms with Gasteiger partial charge in [0.1, 0.15) is 0 Å². The summed E-state index contributed by atoms with van der Waals surface area (Å²) in [6, 6.07) is 6.74. The molecule has 0 spiro atoms. The number of carboxylic acids is 1. The number of carbonyl (C=O) groups is 2. The highest BCUT2D eigenvalue weighted by Crippen LogP contribution is 2.31. The van der Waals surface area contributed by atoms with Crippen LogP contribution in [0.1, 0.15) is 28.6 Å². The van der Waals surface area contributed by atoms with Crippen molar-refractivity contribution in [3.63, 3.8) is 0 Å². The van der Waals surface area contributed by atoms with Gasteiger partial charge in [-0.05, 0) is 6.07 Å². The van der Waals surface area contributed by atoms with E-state index in [4.69, 9.17) is 5.11 Å². The van der Waals surface area contributed by atoms with Gasteiger partial charge < -0.3 is 15.1 Å². The van der Waals surface area contributed by atoms with Crippen LogP contribution in [0.4, 0.5) is 0 Å². The molecule has 84 valence electrons. The van der Waals surface area contributed by atoms with Crippen molar-refractivity contribution in [3.8, 4) is 0 Å². The van der Waals surface area contributed by atoms with Crippen molar-refractivity contribution in [1.82, 2.24) is 4.90 Å². The van der Waals surface area contributed by atoms with E-state index in [0.29, 0.717) is 11.1 Å². The van der Waals surface area contributed by atoms with Crippen LogP contribution < -0.4 is 0 Å². The number of aliphatic hydroxyl groups is 1. The van der Waals surface area contributed by atoms with Crippen molar-refractivity contribution in [2.24, 2.45) is 0 Å². The zero-order valence-corrected chi connectivity index (χ0v) is 8.46. The molecule has 2 N–H and O–H groups in total. The summed E-state index contributed by atoms with van der Waals surface area (Å²) >= 11 is 0. The number of nitrogens with zero attached hydrogens (tertiary/aromatic N) is 1. The van der Waals surface area contributed by atoms with Gasteiger partial charge in [-0.15, -0.1) is 0 Å². The third-order valence-electron chi connectivity index (χ3n) is 2.59. The molecule has 5 nitrogen and oxygen atoms in total. The number of carboxylic acid groups (broad SMARTS) is 1. The summed E-state index contributed by atoms with van der Waals surface area (Å²) in [4.78, 5) is 23.4. The Morgan fingerprint density at radius 1 is 1.38 bits per heavy atom. The summed E-state index contributed by atoms with van der Waals surface area (Å²) in [6.07, 6.45) is -1.19. The Morgan fingerprint density at radius 3 is 2.69 bits per heavy atom. The highest BCUT2D eigenvalue weighted by atomic mass is 16.4. The second-order valence-corrected chi connectivity index (χ2v) is 3.60. The van der Waals surface area contributed by atoms with Crippen molar-refractivity contribution >= 4 is 11.9 Å². The number of hydrogen-bond donors (Lipinski definition) is 2. The molecule has 1 unspecified atom stereocenters. The largest absolute Gasteiger partial charge is 0.481 e. The topological polar surface area (TPSA) is 77.8 Å². The Kier molecular flexibility index (Phi) is 2.62. The van der Waals surface area contributed by atoms with Gasteiger partial charge in [-0.25, -0.2) is 0 Å². The van der Waals surface area contributed by atoms with Gasteiger partial charge in [0.2, 0.25) is 0 Å². The van der Waals surface area contributed by atoms with E-state index in [9.17, 15) is 14.7 Å². The van der Waals surface area contributed by atoms with Crippen molar-refractivity contribution in [2.75, 3.05) is 6.54 Å². The molecule has 0 saturated heterocycles. The molecule has 0 fully saturated rings. The molecule has 0 aromatic heterocycles. The number of aliphatic hydroxyl groups excluding tert-OH is 1. The average molecular weight is 221 g/mol. The third kappa shape index (κ3) is 1.65. The summed E-state index contributed by atoms with van der Waals surface area (Å²) < 4.78 is 0. The molecule has 16 heavy (non-hydrogen) atoms. The standard InChI is InChI=1S/C11H11NO4/c13-9(14)5-6-12-10(15)7-3-1-2-4-8(7)11(12)16/h1-4,10,15H,5-6H2,(H,13,14). The average Bonchev–Trinajstić information content (AvgIpc) is 2.50. The molecule has 1 amide bonds. The molecule has 0 bridgehead atoms. The van der Waals surface area contributed by atoms with E-state index in [0.717, 1.165) is 0 Å². The van der Waals surface area contributed by atoms with Crippen LogP contribution in [0, 0.1) is 0 Å². The van der Waals surface area contributed by atoms with Crippen LogP contribution in [0.25, 0.3) is 0 Å². The Labute approximate surface area is 91.9 Å². The molecule has 1 aliphatic heterocycles. The fraction of sp³-hybridized carbons (Fsp3) is 0.273. The molecule has 0 radical (unpaired) electrons. The summed E-state index contributed by atoms with van der Waals surface area (Å²) in [5.41, 5.74) is 0.985. The van der Waals surface area contributed by atoms with Crippen molar-refractivity contribution in [2.45, 2.75) is 12.6 Å². The number of hydrogen-bond acceptors (Lipinski definition) is 3. The molecule has 1 aromatic carbocycles. The van der Waals surface area contributed by atoms with Crippen LogP contribution in [0.2, 0.25) is 0 Å². The van der Waals surface area contributed by atoms with Crippen molar-refractivity contribution in [3.05, 3.63) is 35.4 Å². The molecule has 1 aromatic rings. The van der Waals surface area contributed by atoms with Gasteiger partial charge in [0.25, 0.3) is 5.91 Å². The number of fused-ring (bicyclic) bond motifs is 1. The monoisotopic (exact) mass is 221 g/mol. The molecule has 2 rings (SSSR count). The highest BCUT2D eigenvalue weighted by Gasteiger charge is 2.34.